The Hall–Kier alpha value is -3.15. The summed E-state index contributed by atoms with van der Waals surface area (Å²) in [5, 5.41) is 19.5. The first-order valence-corrected chi connectivity index (χ1v) is 14.1. The molecule has 1 atom stereocenters. The van der Waals surface area contributed by atoms with E-state index in [9.17, 15) is 19.7 Å². The summed E-state index contributed by atoms with van der Waals surface area (Å²) in [5.74, 6) is -0.275. The van der Waals surface area contributed by atoms with Crippen molar-refractivity contribution in [3.8, 4) is 0 Å². The number of hydrogen-bond acceptors (Lipinski definition) is 8. The van der Waals surface area contributed by atoms with Crippen LogP contribution in [0.5, 0.6) is 0 Å². The van der Waals surface area contributed by atoms with Gasteiger partial charge < -0.3 is 9.64 Å². The van der Waals surface area contributed by atoms with Gasteiger partial charge in [0.15, 0.2) is 0 Å². The molecule has 10 nitrogen and oxygen atoms in total. The van der Waals surface area contributed by atoms with Gasteiger partial charge >= 0.3 is 0 Å². The minimum Gasteiger partial charge on any atom is -0.379 e. The van der Waals surface area contributed by atoms with Gasteiger partial charge in [0.1, 0.15) is 6.54 Å². The van der Waals surface area contributed by atoms with Crippen molar-refractivity contribution >= 4 is 34.6 Å². The van der Waals surface area contributed by atoms with Gasteiger partial charge in [-0.3, -0.25) is 24.6 Å². The molecule has 0 radical (unpaired) electrons. The summed E-state index contributed by atoms with van der Waals surface area (Å²) in [6.07, 6.45) is 4.26. The quantitative estimate of drug-likeness (QED) is 0.355. The van der Waals surface area contributed by atoms with Crippen LogP contribution in [0.15, 0.2) is 46.9 Å². The normalized spacial score (nSPS) is 20.5. The average molecular weight is 540 g/mol. The van der Waals surface area contributed by atoms with Gasteiger partial charge in [0.25, 0.3) is 11.6 Å². The van der Waals surface area contributed by atoms with Gasteiger partial charge in [0.05, 0.1) is 34.8 Å². The maximum atomic E-state index is 13.8. The Balaban J connectivity index is 1.37. The molecule has 11 heteroatoms. The molecule has 0 unspecified atom stereocenters. The Morgan fingerprint density at radius 2 is 1.95 bits per heavy atom. The zero-order chi connectivity index (χ0) is 26.5. The highest BCUT2D eigenvalue weighted by Gasteiger charge is 2.36. The molecule has 5 rings (SSSR count). The maximum absolute atomic E-state index is 13.8. The van der Waals surface area contributed by atoms with E-state index in [1.54, 1.807) is 28.4 Å². The SMILES string of the molecule is O=C(C1CCCC1)N(CCN1CCOCC1)CC(=O)N1N=C(c2cccs2)C[C@H]1c1cccc([N+](=O)[O-])c1. The van der Waals surface area contributed by atoms with Crippen LogP contribution in [0.1, 0.15) is 48.6 Å². The van der Waals surface area contributed by atoms with E-state index in [1.165, 1.54) is 17.1 Å². The number of nitro benzene ring substituents is 1. The van der Waals surface area contributed by atoms with E-state index in [-0.39, 0.29) is 30.0 Å². The lowest BCUT2D eigenvalue weighted by molar-refractivity contribution is -0.385. The molecule has 1 saturated carbocycles. The van der Waals surface area contributed by atoms with Crippen LogP contribution in [0.3, 0.4) is 0 Å². The van der Waals surface area contributed by atoms with Crippen LogP contribution in [0.25, 0.3) is 0 Å². The van der Waals surface area contributed by atoms with Gasteiger partial charge in [-0.1, -0.05) is 31.0 Å². The molecule has 1 aromatic heterocycles. The van der Waals surface area contributed by atoms with Gasteiger partial charge in [-0.05, 0) is 29.9 Å². The molecular formula is C27H33N5O5S. The molecule has 3 heterocycles. The molecule has 1 aromatic carbocycles. The van der Waals surface area contributed by atoms with E-state index in [2.05, 4.69) is 4.90 Å². The number of thiophene rings is 1. The first kappa shape index (κ1) is 26.5. The molecule has 2 amide bonds. The van der Waals surface area contributed by atoms with Gasteiger partial charge in [-0.2, -0.15) is 5.10 Å². The second-order valence-corrected chi connectivity index (χ2v) is 11.0. The third-order valence-corrected chi connectivity index (χ3v) is 8.49. The molecule has 3 aliphatic rings. The minimum atomic E-state index is -0.470. The number of nitro groups is 1. The van der Waals surface area contributed by atoms with Gasteiger partial charge in [-0.15, -0.1) is 11.3 Å². The number of ether oxygens (including phenoxy) is 1. The van der Waals surface area contributed by atoms with Crippen molar-refractivity contribution in [2.45, 2.75) is 38.1 Å². The van der Waals surface area contributed by atoms with Crippen molar-refractivity contribution in [2.24, 2.45) is 11.0 Å². The number of amides is 2. The molecule has 38 heavy (non-hydrogen) atoms. The van der Waals surface area contributed by atoms with Crippen molar-refractivity contribution in [1.82, 2.24) is 14.8 Å². The molecule has 202 valence electrons. The van der Waals surface area contributed by atoms with E-state index in [0.717, 1.165) is 49.4 Å². The Labute approximate surface area is 226 Å². The zero-order valence-electron chi connectivity index (χ0n) is 21.4. The third-order valence-electron chi connectivity index (χ3n) is 7.57. The van der Waals surface area contributed by atoms with Crippen molar-refractivity contribution in [3.63, 3.8) is 0 Å². The topological polar surface area (TPSA) is 109 Å². The monoisotopic (exact) mass is 539 g/mol. The number of hydrogen-bond donors (Lipinski definition) is 0. The van der Waals surface area contributed by atoms with Gasteiger partial charge in [0.2, 0.25) is 5.91 Å². The lowest BCUT2D eigenvalue weighted by atomic mass is 10.0. The van der Waals surface area contributed by atoms with Gasteiger partial charge in [-0.25, -0.2) is 5.01 Å². The first-order valence-electron chi connectivity index (χ1n) is 13.3. The third kappa shape index (κ3) is 6.11. The number of benzene rings is 1. The summed E-state index contributed by atoms with van der Waals surface area (Å²) in [6.45, 7) is 4.07. The number of rotatable bonds is 9. The van der Waals surface area contributed by atoms with E-state index < -0.39 is 11.0 Å². The molecular weight excluding hydrogens is 506 g/mol. The fourth-order valence-corrected chi connectivity index (χ4v) is 6.18. The molecule has 0 N–H and O–H groups in total. The van der Waals surface area contributed by atoms with Crippen molar-refractivity contribution in [2.75, 3.05) is 45.9 Å². The zero-order valence-corrected chi connectivity index (χ0v) is 22.2. The van der Waals surface area contributed by atoms with E-state index in [1.807, 2.05) is 17.5 Å². The molecule has 0 spiro atoms. The molecule has 2 aliphatic heterocycles. The highest BCUT2D eigenvalue weighted by Crippen LogP contribution is 2.35. The Bertz CT molecular complexity index is 1170. The highest BCUT2D eigenvalue weighted by molar-refractivity contribution is 7.12. The van der Waals surface area contributed by atoms with Crippen LogP contribution in [0.2, 0.25) is 0 Å². The summed E-state index contributed by atoms with van der Waals surface area (Å²) in [4.78, 5) is 43.2. The van der Waals surface area contributed by atoms with Crippen molar-refractivity contribution < 1.29 is 19.2 Å². The molecule has 0 bridgehead atoms. The first-order chi connectivity index (χ1) is 18.5. The predicted molar refractivity (Wildman–Crippen MR) is 144 cm³/mol. The standard InChI is InChI=1S/C27H33N5O5S/c33-26(19-30(27(34)20-5-1-2-6-20)11-10-29-12-14-37-15-13-29)31-24(18-23(28-31)25-9-4-16-38-25)21-7-3-8-22(17-21)32(35)36/h3-4,7-9,16-17,20,24H,1-2,5-6,10-15,18-19H2/t24-/m0/s1. The van der Waals surface area contributed by atoms with Crippen molar-refractivity contribution in [3.05, 3.63) is 62.3 Å². The largest absolute Gasteiger partial charge is 0.379 e. The summed E-state index contributed by atoms with van der Waals surface area (Å²) in [7, 11) is 0. The Morgan fingerprint density at radius 3 is 2.66 bits per heavy atom. The second-order valence-electron chi connectivity index (χ2n) is 10.0. The van der Waals surface area contributed by atoms with E-state index >= 15 is 0 Å². The summed E-state index contributed by atoms with van der Waals surface area (Å²) in [5.41, 5.74) is 1.40. The number of non-ortho nitro benzene ring substituents is 1. The molecule has 2 fully saturated rings. The maximum Gasteiger partial charge on any atom is 0.269 e. The Morgan fingerprint density at radius 1 is 1.16 bits per heavy atom. The Kier molecular flexibility index (Phi) is 8.45. The fourth-order valence-electron chi connectivity index (χ4n) is 5.46. The fraction of sp³-hybridized carbons (Fsp3) is 0.519. The summed E-state index contributed by atoms with van der Waals surface area (Å²) < 4.78 is 5.45. The number of nitrogens with zero attached hydrogens (tertiary/aromatic N) is 5. The van der Waals surface area contributed by atoms with Crippen LogP contribution in [0, 0.1) is 16.0 Å². The van der Waals surface area contributed by atoms with Crippen LogP contribution >= 0.6 is 11.3 Å². The lowest BCUT2D eigenvalue weighted by Gasteiger charge is -2.32. The molecule has 1 saturated heterocycles. The summed E-state index contributed by atoms with van der Waals surface area (Å²) >= 11 is 1.54. The number of carbonyl (C=O) groups is 2. The number of carbonyl (C=O) groups excluding carboxylic acids is 2. The second kappa shape index (κ2) is 12.1. The van der Waals surface area contributed by atoms with Crippen LogP contribution in [-0.2, 0) is 14.3 Å². The van der Waals surface area contributed by atoms with Crippen LogP contribution in [0.4, 0.5) is 5.69 Å². The van der Waals surface area contributed by atoms with E-state index in [4.69, 9.17) is 9.84 Å². The number of morpholine rings is 1. The van der Waals surface area contributed by atoms with Gasteiger partial charge in [0, 0.05) is 50.7 Å². The lowest BCUT2D eigenvalue weighted by Crippen LogP contribution is -2.47. The smallest absolute Gasteiger partial charge is 0.269 e. The van der Waals surface area contributed by atoms with E-state index in [0.29, 0.717) is 38.3 Å². The number of hydrazone groups is 1. The predicted octanol–water partition coefficient (Wildman–Crippen LogP) is 3.69. The summed E-state index contributed by atoms with van der Waals surface area (Å²) in [6, 6.07) is 9.81. The van der Waals surface area contributed by atoms with Crippen molar-refractivity contribution in [1.29, 1.82) is 0 Å². The molecule has 1 aliphatic carbocycles. The van der Waals surface area contributed by atoms with Crippen LogP contribution in [-0.4, -0.2) is 83.2 Å². The minimum absolute atomic E-state index is 0.0250. The highest BCUT2D eigenvalue weighted by atomic mass is 32.1. The average Bonchev–Trinajstić information content (AvgIpc) is 3.73. The van der Waals surface area contributed by atoms with Crippen LogP contribution < -0.4 is 0 Å². The molecule has 2 aromatic rings.